The van der Waals surface area contributed by atoms with E-state index in [1.165, 1.54) is 11.0 Å². The van der Waals surface area contributed by atoms with Gasteiger partial charge in [-0.15, -0.1) is 24.8 Å². The lowest BCUT2D eigenvalue weighted by Crippen LogP contribution is -2.30. The zero-order valence-electron chi connectivity index (χ0n) is 25.1. The van der Waals surface area contributed by atoms with Crippen LogP contribution in [0.1, 0.15) is 56.9 Å². The van der Waals surface area contributed by atoms with Gasteiger partial charge in [-0.1, -0.05) is 36.4 Å². The van der Waals surface area contributed by atoms with Crippen LogP contribution in [0.25, 0.3) is 0 Å². The van der Waals surface area contributed by atoms with Crippen molar-refractivity contribution in [2.24, 2.45) is 5.73 Å². The van der Waals surface area contributed by atoms with Crippen LogP contribution in [-0.2, 0) is 24.0 Å². The molecule has 1 saturated heterocycles. The molecule has 1 aliphatic rings. The number of rotatable bonds is 10. The molecule has 3 aromatic carbocycles. The smallest absolute Gasteiger partial charge is 0.417 e. The summed E-state index contributed by atoms with van der Waals surface area (Å²) in [6.45, 7) is 0.993. The molecule has 2 amide bonds. The summed E-state index contributed by atoms with van der Waals surface area (Å²) < 4.78 is 48.7. The number of carbonyl (C=O) groups is 2. The molecule has 8 nitrogen and oxygen atoms in total. The number of nitrogens with one attached hydrogen (secondary N) is 2. The molecule has 1 unspecified atom stereocenters. The summed E-state index contributed by atoms with van der Waals surface area (Å²) in [7, 11) is 0. The quantitative estimate of drug-likeness (QED) is 0.122. The van der Waals surface area contributed by atoms with Gasteiger partial charge >= 0.3 is 6.18 Å². The molecule has 13 heteroatoms. The van der Waals surface area contributed by atoms with Crippen LogP contribution in [0.15, 0.2) is 91.3 Å². The molecule has 1 atom stereocenters. The maximum absolute atomic E-state index is 14.2. The number of anilines is 1. The zero-order valence-corrected chi connectivity index (χ0v) is 26.8. The number of amidine groups is 1. The van der Waals surface area contributed by atoms with Crippen LogP contribution in [0.3, 0.4) is 0 Å². The van der Waals surface area contributed by atoms with E-state index in [2.05, 4.69) is 10.3 Å². The molecule has 47 heavy (non-hydrogen) atoms. The normalized spacial score (nSPS) is 13.1. The fraction of sp³-hybridized carbons (Fsp3) is 0.235. The number of alkyl halides is 3. The topological polar surface area (TPSA) is 121 Å². The number of benzene rings is 3. The average molecular weight is 689 g/mol. The Hall–Kier alpha value is -4.61. The molecule has 5 rings (SSSR count). The molecule has 4 aromatic rings. The summed E-state index contributed by atoms with van der Waals surface area (Å²) in [5.74, 6) is -2.14. The molecule has 0 bridgehead atoms. The number of aromatic nitrogens is 1. The van der Waals surface area contributed by atoms with E-state index >= 15 is 0 Å². The van der Waals surface area contributed by atoms with Crippen molar-refractivity contribution in [1.82, 2.24) is 9.88 Å². The van der Waals surface area contributed by atoms with Gasteiger partial charge in [0.15, 0.2) is 0 Å². The molecule has 0 saturated carbocycles. The number of carbonyl (C=O) groups excluding carboxylic acids is 2. The molecule has 248 valence electrons. The van der Waals surface area contributed by atoms with Gasteiger partial charge < -0.3 is 20.7 Å². The van der Waals surface area contributed by atoms with Crippen molar-refractivity contribution >= 4 is 48.2 Å². The Morgan fingerprint density at radius 3 is 2.30 bits per heavy atom. The largest absolute Gasteiger partial charge is 0.489 e. The summed E-state index contributed by atoms with van der Waals surface area (Å²) in [5, 5.41) is 10.6. The second kappa shape index (κ2) is 16.3. The Labute approximate surface area is 282 Å². The third kappa shape index (κ3) is 9.24. The molecule has 0 spiro atoms. The Morgan fingerprint density at radius 1 is 0.957 bits per heavy atom. The highest BCUT2D eigenvalue weighted by molar-refractivity contribution is 6.00. The minimum atomic E-state index is -4.82. The highest BCUT2D eigenvalue weighted by Gasteiger charge is 2.37. The SMILES string of the molecule is Cl.Cl.N=C(N)c1ccc(OCc2ccccc2)c(C(Cc2cccnc2)C(=O)Nc2ccc(C(=O)N3CCCC3)c(C(F)(F)F)c2)c1. The van der Waals surface area contributed by atoms with E-state index in [-0.39, 0.29) is 49.4 Å². The maximum Gasteiger partial charge on any atom is 0.417 e. The molecule has 0 radical (unpaired) electrons. The first-order valence-corrected chi connectivity index (χ1v) is 14.5. The van der Waals surface area contributed by atoms with Gasteiger partial charge in [0, 0.05) is 42.3 Å². The van der Waals surface area contributed by atoms with Crippen LogP contribution < -0.4 is 15.8 Å². The lowest BCUT2D eigenvalue weighted by molar-refractivity contribution is -0.138. The number of hydrogen-bond acceptors (Lipinski definition) is 5. The standard InChI is InChI=1S/C34H32F3N5O3.2ClH/c35-34(36,37)29-19-25(11-12-26(29)33(44)42-15-4-5-16-42)41-32(43)28(17-23-9-6-14-40-20-23)27-18-24(31(38)39)10-13-30(27)45-21-22-7-2-1-3-8-22;;/h1-3,6-14,18-20,28H,4-5,15-17,21H2,(H3,38,39)(H,41,43);2*1H. The van der Waals surface area contributed by atoms with Crippen LogP contribution in [0, 0.1) is 5.41 Å². The number of nitrogens with two attached hydrogens (primary N) is 1. The van der Waals surface area contributed by atoms with Gasteiger partial charge in [0.1, 0.15) is 18.2 Å². The van der Waals surface area contributed by atoms with Gasteiger partial charge in [0.05, 0.1) is 17.0 Å². The number of nitrogen functional groups attached to an aromatic ring is 1. The van der Waals surface area contributed by atoms with E-state index in [0.29, 0.717) is 35.5 Å². The van der Waals surface area contributed by atoms with Crippen molar-refractivity contribution in [2.75, 3.05) is 18.4 Å². The monoisotopic (exact) mass is 687 g/mol. The van der Waals surface area contributed by atoms with E-state index in [0.717, 1.165) is 30.5 Å². The molecular formula is C34H34Cl2F3N5O3. The number of nitrogens with zero attached hydrogens (tertiary/aromatic N) is 2. The summed E-state index contributed by atoms with van der Waals surface area (Å²) in [6.07, 6.45) is -0.0365. The summed E-state index contributed by atoms with van der Waals surface area (Å²) in [5.41, 5.74) is 6.43. The fourth-order valence-corrected chi connectivity index (χ4v) is 5.32. The third-order valence-corrected chi connectivity index (χ3v) is 7.63. The summed E-state index contributed by atoms with van der Waals surface area (Å²) in [4.78, 5) is 32.5. The van der Waals surface area contributed by atoms with Gasteiger partial charge in [0.25, 0.3) is 5.91 Å². The van der Waals surface area contributed by atoms with Crippen LogP contribution in [-0.4, -0.2) is 40.6 Å². The lowest BCUT2D eigenvalue weighted by atomic mass is 9.89. The van der Waals surface area contributed by atoms with Crippen molar-refractivity contribution in [3.63, 3.8) is 0 Å². The van der Waals surface area contributed by atoms with Crippen molar-refractivity contribution in [3.8, 4) is 5.75 Å². The Morgan fingerprint density at radius 2 is 1.66 bits per heavy atom. The second-order valence-corrected chi connectivity index (χ2v) is 10.8. The van der Waals surface area contributed by atoms with Crippen molar-refractivity contribution in [3.05, 3.63) is 125 Å². The van der Waals surface area contributed by atoms with Gasteiger partial charge in [-0.2, -0.15) is 13.2 Å². The number of amides is 2. The first-order chi connectivity index (χ1) is 21.6. The van der Waals surface area contributed by atoms with E-state index < -0.39 is 35.0 Å². The highest BCUT2D eigenvalue weighted by atomic mass is 35.5. The second-order valence-electron chi connectivity index (χ2n) is 10.8. The van der Waals surface area contributed by atoms with E-state index in [1.54, 1.807) is 42.7 Å². The third-order valence-electron chi connectivity index (χ3n) is 7.63. The zero-order chi connectivity index (χ0) is 32.0. The van der Waals surface area contributed by atoms with Crippen molar-refractivity contribution in [2.45, 2.75) is 38.0 Å². The molecule has 1 fully saturated rings. The molecule has 1 aromatic heterocycles. The number of ether oxygens (including phenoxy) is 1. The Balaban J connectivity index is 0.00000300. The molecule has 4 N–H and O–H groups in total. The minimum Gasteiger partial charge on any atom is -0.489 e. The van der Waals surface area contributed by atoms with Gasteiger partial charge in [0.2, 0.25) is 5.91 Å². The van der Waals surface area contributed by atoms with Crippen LogP contribution in [0.4, 0.5) is 18.9 Å². The minimum absolute atomic E-state index is 0. The van der Waals surface area contributed by atoms with E-state index in [1.807, 2.05) is 30.3 Å². The Bertz CT molecular complexity index is 1690. The fourth-order valence-electron chi connectivity index (χ4n) is 5.32. The number of pyridine rings is 1. The van der Waals surface area contributed by atoms with E-state index in [9.17, 15) is 22.8 Å². The van der Waals surface area contributed by atoms with Gasteiger partial charge in [-0.05, 0) is 72.9 Å². The van der Waals surface area contributed by atoms with Crippen molar-refractivity contribution < 1.29 is 27.5 Å². The number of halogens is 5. The molecule has 1 aliphatic heterocycles. The molecule has 0 aliphatic carbocycles. The molecule has 2 heterocycles. The van der Waals surface area contributed by atoms with Gasteiger partial charge in [-0.3, -0.25) is 20.0 Å². The van der Waals surface area contributed by atoms with Crippen LogP contribution in [0.2, 0.25) is 0 Å². The predicted molar refractivity (Wildman–Crippen MR) is 179 cm³/mol. The van der Waals surface area contributed by atoms with Crippen LogP contribution >= 0.6 is 24.8 Å². The first kappa shape index (κ1) is 36.9. The maximum atomic E-state index is 14.2. The van der Waals surface area contributed by atoms with Crippen LogP contribution in [0.5, 0.6) is 5.75 Å². The summed E-state index contributed by atoms with van der Waals surface area (Å²) >= 11 is 0. The van der Waals surface area contributed by atoms with Gasteiger partial charge in [-0.25, -0.2) is 0 Å². The lowest BCUT2D eigenvalue weighted by Gasteiger charge is -2.23. The number of hydrogen-bond donors (Lipinski definition) is 3. The number of likely N-dealkylation sites (tertiary alicyclic amines) is 1. The highest BCUT2D eigenvalue weighted by Crippen LogP contribution is 2.36. The predicted octanol–water partition coefficient (Wildman–Crippen LogP) is 7.01. The molecular weight excluding hydrogens is 654 g/mol. The average Bonchev–Trinajstić information content (AvgIpc) is 3.58. The van der Waals surface area contributed by atoms with Crippen molar-refractivity contribution in [1.29, 1.82) is 5.41 Å². The summed E-state index contributed by atoms with van der Waals surface area (Å²) in [6, 6.07) is 20.9. The Kier molecular flexibility index (Phi) is 12.8. The first-order valence-electron chi connectivity index (χ1n) is 14.5. The van der Waals surface area contributed by atoms with E-state index in [4.69, 9.17) is 15.9 Å².